The van der Waals surface area contributed by atoms with E-state index in [0.29, 0.717) is 43.2 Å². The second-order valence-electron chi connectivity index (χ2n) is 9.49. The summed E-state index contributed by atoms with van der Waals surface area (Å²) in [6, 6.07) is 4.93. The van der Waals surface area contributed by atoms with E-state index < -0.39 is 15.4 Å². The van der Waals surface area contributed by atoms with E-state index in [1.807, 2.05) is 6.07 Å². The van der Waals surface area contributed by atoms with Gasteiger partial charge in [0, 0.05) is 11.6 Å². The Labute approximate surface area is 187 Å². The Morgan fingerprint density at radius 3 is 2.78 bits per heavy atom. The van der Waals surface area contributed by atoms with Crippen molar-refractivity contribution >= 4 is 10.0 Å². The molecular weight excluding hydrogens is 435 g/mol. The van der Waals surface area contributed by atoms with Crippen molar-refractivity contribution in [3.63, 3.8) is 0 Å². The van der Waals surface area contributed by atoms with Crippen molar-refractivity contribution in [3.8, 4) is 5.75 Å². The second-order valence-corrected chi connectivity index (χ2v) is 11.3. The summed E-state index contributed by atoms with van der Waals surface area (Å²) >= 11 is 0. The highest BCUT2D eigenvalue weighted by molar-refractivity contribution is 7.88. The van der Waals surface area contributed by atoms with Crippen LogP contribution in [-0.4, -0.2) is 38.4 Å². The maximum absolute atomic E-state index is 14.6. The van der Waals surface area contributed by atoms with Gasteiger partial charge in [-0.3, -0.25) is 0 Å². The first-order chi connectivity index (χ1) is 15.3. The summed E-state index contributed by atoms with van der Waals surface area (Å²) in [4.78, 5) is 4.66. The van der Waals surface area contributed by atoms with E-state index in [-0.39, 0.29) is 30.5 Å². The van der Waals surface area contributed by atoms with Gasteiger partial charge >= 0.3 is 0 Å². The van der Waals surface area contributed by atoms with Gasteiger partial charge < -0.3 is 13.9 Å². The fourth-order valence-electron chi connectivity index (χ4n) is 5.50. The van der Waals surface area contributed by atoms with Crippen LogP contribution in [0.5, 0.6) is 5.75 Å². The van der Waals surface area contributed by atoms with E-state index in [0.717, 1.165) is 31.2 Å². The van der Waals surface area contributed by atoms with Gasteiger partial charge in [0.25, 0.3) is 0 Å². The number of sulfonamides is 1. The Morgan fingerprint density at radius 1 is 1.19 bits per heavy atom. The number of nitrogens with zero attached hydrogens (tertiary/aromatic N) is 1. The zero-order chi connectivity index (χ0) is 22.3. The van der Waals surface area contributed by atoms with Crippen molar-refractivity contribution in [1.82, 2.24) is 9.71 Å². The first-order valence-corrected chi connectivity index (χ1v) is 13.2. The van der Waals surface area contributed by atoms with Crippen molar-refractivity contribution in [3.05, 3.63) is 47.4 Å². The first kappa shape index (κ1) is 21.9. The molecule has 4 aliphatic rings. The zero-order valence-electron chi connectivity index (χ0n) is 18.2. The van der Waals surface area contributed by atoms with Crippen LogP contribution in [0, 0.1) is 5.82 Å². The molecule has 0 unspecified atom stereocenters. The van der Waals surface area contributed by atoms with E-state index in [1.54, 1.807) is 12.3 Å². The molecule has 3 heterocycles. The number of halogens is 1. The van der Waals surface area contributed by atoms with Crippen molar-refractivity contribution < 1.29 is 26.7 Å². The highest BCUT2D eigenvalue weighted by atomic mass is 32.2. The molecule has 174 valence electrons. The maximum Gasteiger partial charge on any atom is 0.208 e. The van der Waals surface area contributed by atoms with Crippen molar-refractivity contribution in [2.75, 3.05) is 12.9 Å². The van der Waals surface area contributed by atoms with E-state index in [2.05, 4.69) is 9.71 Å². The summed E-state index contributed by atoms with van der Waals surface area (Å²) in [5.41, 5.74) is 0.992. The van der Waals surface area contributed by atoms with E-state index in [9.17, 15) is 12.8 Å². The van der Waals surface area contributed by atoms with E-state index in [4.69, 9.17) is 13.9 Å². The predicted octanol–water partition coefficient (Wildman–Crippen LogP) is 3.79. The van der Waals surface area contributed by atoms with Crippen LogP contribution >= 0.6 is 0 Å². The molecule has 1 aromatic carbocycles. The molecule has 1 N–H and O–H groups in total. The number of nitrogens with one attached hydrogen (secondary N) is 1. The SMILES string of the molecule is CS(=O)(=O)N[C@H]1CC[C@@]2(COC3CCC(CC3)c3cccc(F)c3OCc3coc2n3)C1. The summed E-state index contributed by atoms with van der Waals surface area (Å²) in [6.45, 7) is 0.547. The molecular formula is C23H29FN2O5S. The minimum atomic E-state index is -3.31. The van der Waals surface area contributed by atoms with E-state index >= 15 is 0 Å². The third-order valence-corrected chi connectivity index (χ3v) is 7.83. The first-order valence-electron chi connectivity index (χ1n) is 11.3. The molecule has 2 aromatic rings. The highest BCUT2D eigenvalue weighted by Crippen LogP contribution is 2.44. The van der Waals surface area contributed by atoms with Gasteiger partial charge in [-0.2, -0.15) is 0 Å². The normalized spacial score (nSPS) is 30.6. The van der Waals surface area contributed by atoms with Crippen molar-refractivity contribution in [2.45, 2.75) is 75.0 Å². The summed E-state index contributed by atoms with van der Waals surface area (Å²) in [6.07, 6.45) is 8.40. The molecule has 9 heteroatoms. The van der Waals surface area contributed by atoms with Gasteiger partial charge in [0.15, 0.2) is 11.6 Å². The van der Waals surface area contributed by atoms with Crippen LogP contribution in [0.4, 0.5) is 4.39 Å². The Kier molecular flexibility index (Phi) is 5.75. The summed E-state index contributed by atoms with van der Waals surface area (Å²) < 4.78 is 59.1. The number of para-hydroxylation sites is 1. The molecule has 0 amide bonds. The van der Waals surface area contributed by atoms with Crippen LogP contribution in [0.25, 0.3) is 0 Å². The van der Waals surface area contributed by atoms with Crippen LogP contribution in [-0.2, 0) is 26.8 Å². The smallest absolute Gasteiger partial charge is 0.208 e. The molecule has 6 rings (SSSR count). The van der Waals surface area contributed by atoms with Gasteiger partial charge in [0.05, 0.1) is 24.4 Å². The molecule has 2 atom stereocenters. The summed E-state index contributed by atoms with van der Waals surface area (Å²) in [5.74, 6) is 0.707. The Hall–Kier alpha value is -1.97. The van der Waals surface area contributed by atoms with E-state index in [1.165, 1.54) is 12.3 Å². The molecule has 7 nitrogen and oxygen atoms in total. The molecule has 2 aliphatic carbocycles. The zero-order valence-corrected chi connectivity index (χ0v) is 19.0. The molecule has 0 radical (unpaired) electrons. The molecule has 4 bridgehead atoms. The van der Waals surface area contributed by atoms with Gasteiger partial charge in [0.2, 0.25) is 15.9 Å². The molecule has 2 aliphatic heterocycles. The number of fused-ring (bicyclic) bond motifs is 4. The molecule has 2 fully saturated rings. The van der Waals surface area contributed by atoms with Gasteiger partial charge in [-0.05, 0) is 56.9 Å². The maximum atomic E-state index is 14.6. The lowest BCUT2D eigenvalue weighted by molar-refractivity contribution is -0.0103. The quantitative estimate of drug-likeness (QED) is 0.727. The van der Waals surface area contributed by atoms with Crippen LogP contribution in [0.2, 0.25) is 0 Å². The lowest BCUT2D eigenvalue weighted by atomic mass is 9.81. The Morgan fingerprint density at radius 2 is 2.00 bits per heavy atom. The van der Waals surface area contributed by atoms with Crippen molar-refractivity contribution in [2.24, 2.45) is 0 Å². The molecule has 2 saturated carbocycles. The fourth-order valence-corrected chi connectivity index (χ4v) is 6.30. The third-order valence-electron chi connectivity index (χ3n) is 7.07. The number of hydrogen-bond donors (Lipinski definition) is 1. The lowest BCUT2D eigenvalue weighted by Crippen LogP contribution is -2.37. The average molecular weight is 465 g/mol. The van der Waals surface area contributed by atoms with Crippen molar-refractivity contribution in [1.29, 1.82) is 0 Å². The highest BCUT2D eigenvalue weighted by Gasteiger charge is 2.46. The van der Waals surface area contributed by atoms with Gasteiger partial charge in [-0.25, -0.2) is 22.5 Å². The number of rotatable bonds is 2. The number of benzene rings is 1. The van der Waals surface area contributed by atoms with Gasteiger partial charge in [-0.1, -0.05) is 12.1 Å². The predicted molar refractivity (Wildman–Crippen MR) is 115 cm³/mol. The average Bonchev–Trinajstić information content (AvgIpc) is 3.38. The Bertz CT molecular complexity index is 1080. The summed E-state index contributed by atoms with van der Waals surface area (Å²) in [7, 11) is -3.31. The minimum absolute atomic E-state index is 0.106. The molecule has 32 heavy (non-hydrogen) atoms. The van der Waals surface area contributed by atoms with Gasteiger partial charge in [-0.15, -0.1) is 0 Å². The molecule has 0 saturated heterocycles. The number of oxazole rings is 1. The number of hydrogen-bond acceptors (Lipinski definition) is 6. The largest absolute Gasteiger partial charge is 0.484 e. The standard InChI is InChI=1S/C23H29FN2O5S/c1-32(27,28)26-16-9-10-23(11-16)14-31-18-7-5-15(6-8-18)19-3-2-4-20(24)21(19)29-12-17-13-30-22(23)25-17/h2-4,13,15-16,18,26H,5-12,14H2,1H3/t15?,16-,18?,23-/m0/s1. The molecule has 1 spiro atoms. The third kappa shape index (κ3) is 4.43. The topological polar surface area (TPSA) is 90.7 Å². The minimum Gasteiger partial charge on any atom is -0.484 e. The molecule has 1 aromatic heterocycles. The second kappa shape index (κ2) is 8.43. The monoisotopic (exact) mass is 464 g/mol. The van der Waals surface area contributed by atoms with Crippen LogP contribution in [0.1, 0.15) is 68.0 Å². The lowest BCUT2D eigenvalue weighted by Gasteiger charge is -2.33. The Balaban J connectivity index is 1.46. The summed E-state index contributed by atoms with van der Waals surface area (Å²) in [5, 5.41) is 0. The number of aromatic nitrogens is 1. The fraction of sp³-hybridized carbons (Fsp3) is 0.609. The van der Waals surface area contributed by atoms with Crippen LogP contribution in [0.15, 0.2) is 28.9 Å². The van der Waals surface area contributed by atoms with Gasteiger partial charge in [0.1, 0.15) is 18.6 Å². The van der Waals surface area contributed by atoms with Crippen LogP contribution < -0.4 is 9.46 Å². The number of ether oxygens (including phenoxy) is 2. The van der Waals surface area contributed by atoms with Crippen LogP contribution in [0.3, 0.4) is 0 Å².